The smallest absolute Gasteiger partial charge is 0.408 e. The molecule has 1 saturated heterocycles. The van der Waals surface area contributed by atoms with E-state index in [-0.39, 0.29) is 0 Å². The van der Waals surface area contributed by atoms with Gasteiger partial charge in [0.2, 0.25) is 0 Å². The molecule has 19 heavy (non-hydrogen) atoms. The Balaban J connectivity index is 2.95. The molecule has 6 heteroatoms. The number of hydrogen-bond donors (Lipinski definition) is 2. The lowest BCUT2D eigenvalue weighted by molar-refractivity contribution is -0.149. The first-order chi connectivity index (χ1) is 8.50. The van der Waals surface area contributed by atoms with Crippen LogP contribution in [-0.2, 0) is 9.53 Å². The summed E-state index contributed by atoms with van der Waals surface area (Å²) in [5, 5.41) is 12.2. The summed E-state index contributed by atoms with van der Waals surface area (Å²) in [7, 11) is 0. The molecule has 1 atom stereocenters. The molecule has 1 heterocycles. The number of nitrogens with one attached hydrogen (secondary N) is 1. The number of carbonyl (C=O) groups excluding carboxylic acids is 1. The van der Waals surface area contributed by atoms with Crippen LogP contribution in [0.2, 0.25) is 0 Å². The second-order valence-electron chi connectivity index (χ2n) is 6.52. The first-order valence-corrected chi connectivity index (χ1v) is 7.48. The van der Waals surface area contributed by atoms with E-state index in [0.29, 0.717) is 5.75 Å². The van der Waals surface area contributed by atoms with Crippen molar-refractivity contribution in [3.8, 4) is 0 Å². The highest BCUT2D eigenvalue weighted by Crippen LogP contribution is 2.42. The van der Waals surface area contributed by atoms with Crippen molar-refractivity contribution in [2.45, 2.75) is 52.2 Å². The van der Waals surface area contributed by atoms with E-state index in [1.54, 1.807) is 32.5 Å². The van der Waals surface area contributed by atoms with Crippen molar-refractivity contribution in [3.63, 3.8) is 0 Å². The summed E-state index contributed by atoms with van der Waals surface area (Å²) >= 11 is 1.54. The number of thioether (sulfide) groups is 1. The van der Waals surface area contributed by atoms with Crippen molar-refractivity contribution in [1.82, 2.24) is 5.32 Å². The third-order valence-electron chi connectivity index (χ3n) is 3.42. The minimum atomic E-state index is -1.28. The summed E-state index contributed by atoms with van der Waals surface area (Å²) in [6, 6.07) is 0. The Morgan fingerprint density at radius 1 is 1.32 bits per heavy atom. The Kier molecular flexibility index (Phi) is 4.44. The highest BCUT2D eigenvalue weighted by atomic mass is 32.2. The quantitative estimate of drug-likeness (QED) is 0.817. The van der Waals surface area contributed by atoms with E-state index in [1.807, 2.05) is 13.8 Å². The SMILES string of the molecule is CC(C)(C)OC(=O)NC1(C(=O)O)CSCCC1(C)C. The molecule has 0 bridgehead atoms. The molecule has 1 amide bonds. The zero-order valence-corrected chi connectivity index (χ0v) is 13.0. The molecule has 1 rings (SSSR count). The van der Waals surface area contributed by atoms with Crippen LogP contribution in [-0.4, -0.2) is 39.8 Å². The number of hydrogen-bond acceptors (Lipinski definition) is 4. The molecule has 0 saturated carbocycles. The Labute approximate surface area is 118 Å². The molecule has 2 N–H and O–H groups in total. The average molecular weight is 289 g/mol. The highest BCUT2D eigenvalue weighted by molar-refractivity contribution is 7.99. The van der Waals surface area contributed by atoms with Crippen LogP contribution < -0.4 is 5.32 Å². The number of alkyl carbamates (subject to hydrolysis) is 1. The summed E-state index contributed by atoms with van der Waals surface area (Å²) in [4.78, 5) is 23.6. The van der Waals surface area contributed by atoms with Gasteiger partial charge in [0.05, 0.1) is 0 Å². The third-order valence-corrected chi connectivity index (χ3v) is 4.55. The second-order valence-corrected chi connectivity index (χ2v) is 7.63. The fourth-order valence-corrected chi connectivity index (χ4v) is 3.74. The van der Waals surface area contributed by atoms with Gasteiger partial charge in [0.15, 0.2) is 5.54 Å². The number of carboxylic acids is 1. The first-order valence-electron chi connectivity index (χ1n) is 6.32. The Bertz CT molecular complexity index is 375. The van der Waals surface area contributed by atoms with E-state index in [0.717, 1.165) is 12.2 Å². The maximum Gasteiger partial charge on any atom is 0.408 e. The lowest BCUT2D eigenvalue weighted by atomic mass is 9.71. The third kappa shape index (κ3) is 3.55. The van der Waals surface area contributed by atoms with Crippen LogP contribution in [0.3, 0.4) is 0 Å². The Morgan fingerprint density at radius 2 is 1.89 bits per heavy atom. The van der Waals surface area contributed by atoms with Crippen LogP contribution in [0.5, 0.6) is 0 Å². The van der Waals surface area contributed by atoms with Crippen molar-refractivity contribution in [3.05, 3.63) is 0 Å². The zero-order chi connectivity index (χ0) is 14.9. The van der Waals surface area contributed by atoms with Gasteiger partial charge in [-0.25, -0.2) is 9.59 Å². The lowest BCUT2D eigenvalue weighted by Gasteiger charge is -2.46. The van der Waals surface area contributed by atoms with Gasteiger partial charge in [0, 0.05) is 11.2 Å². The summed E-state index contributed by atoms with van der Waals surface area (Å²) in [5.41, 5.74) is -2.44. The van der Waals surface area contributed by atoms with Crippen molar-refractivity contribution in [2.75, 3.05) is 11.5 Å². The van der Waals surface area contributed by atoms with Crippen molar-refractivity contribution in [1.29, 1.82) is 0 Å². The minimum absolute atomic E-state index is 0.356. The van der Waals surface area contributed by atoms with Gasteiger partial charge in [-0.15, -0.1) is 0 Å². The van der Waals surface area contributed by atoms with Crippen LogP contribution in [0.25, 0.3) is 0 Å². The summed E-state index contributed by atoms with van der Waals surface area (Å²) in [6.45, 7) is 9.00. The van der Waals surface area contributed by atoms with E-state index < -0.39 is 28.6 Å². The maximum absolute atomic E-state index is 11.9. The maximum atomic E-state index is 11.9. The van der Waals surface area contributed by atoms with Crippen molar-refractivity contribution >= 4 is 23.8 Å². The number of amides is 1. The number of rotatable bonds is 2. The van der Waals surface area contributed by atoms with Gasteiger partial charge in [-0.2, -0.15) is 11.8 Å². The van der Waals surface area contributed by atoms with E-state index >= 15 is 0 Å². The molecule has 0 aliphatic carbocycles. The fraction of sp³-hybridized carbons (Fsp3) is 0.846. The van der Waals surface area contributed by atoms with Crippen LogP contribution >= 0.6 is 11.8 Å². The first kappa shape index (κ1) is 16.1. The predicted molar refractivity (Wildman–Crippen MR) is 75.5 cm³/mol. The van der Waals surface area contributed by atoms with E-state index in [1.165, 1.54) is 0 Å². The van der Waals surface area contributed by atoms with Crippen LogP contribution in [0.1, 0.15) is 41.0 Å². The van der Waals surface area contributed by atoms with E-state index in [4.69, 9.17) is 4.74 Å². The van der Waals surface area contributed by atoms with Crippen LogP contribution in [0.4, 0.5) is 4.79 Å². The Hall–Kier alpha value is -0.910. The van der Waals surface area contributed by atoms with Gasteiger partial charge in [0.25, 0.3) is 0 Å². The van der Waals surface area contributed by atoms with Crippen LogP contribution in [0, 0.1) is 5.41 Å². The topological polar surface area (TPSA) is 75.6 Å². The van der Waals surface area contributed by atoms with Gasteiger partial charge in [0.1, 0.15) is 5.60 Å². The predicted octanol–water partition coefficient (Wildman–Crippen LogP) is 2.50. The normalized spacial score (nSPS) is 26.6. The molecule has 110 valence electrons. The molecular formula is C13H23NO4S. The molecule has 1 aliphatic rings. The molecule has 0 aromatic rings. The largest absolute Gasteiger partial charge is 0.479 e. The van der Waals surface area contributed by atoms with Gasteiger partial charge in [-0.05, 0) is 32.9 Å². The molecule has 0 spiro atoms. The number of aliphatic carboxylic acids is 1. The van der Waals surface area contributed by atoms with Gasteiger partial charge < -0.3 is 15.2 Å². The van der Waals surface area contributed by atoms with Gasteiger partial charge in [-0.3, -0.25) is 0 Å². The van der Waals surface area contributed by atoms with Gasteiger partial charge >= 0.3 is 12.1 Å². The van der Waals surface area contributed by atoms with E-state index in [2.05, 4.69) is 5.32 Å². The average Bonchev–Trinajstić information content (AvgIpc) is 2.17. The zero-order valence-electron chi connectivity index (χ0n) is 12.2. The van der Waals surface area contributed by atoms with Crippen molar-refractivity contribution in [2.24, 2.45) is 5.41 Å². The standard InChI is InChI=1S/C13H23NO4S/c1-11(2,3)18-10(17)14-13(9(15)16)8-19-7-6-12(13,4)5/h6-8H2,1-5H3,(H,14,17)(H,15,16). The minimum Gasteiger partial charge on any atom is -0.479 e. The molecule has 0 aromatic heterocycles. The highest BCUT2D eigenvalue weighted by Gasteiger charge is 2.54. The molecule has 1 unspecified atom stereocenters. The molecule has 0 aromatic carbocycles. The number of ether oxygens (including phenoxy) is 1. The molecule has 1 fully saturated rings. The fourth-order valence-electron chi connectivity index (χ4n) is 2.05. The molecule has 0 radical (unpaired) electrons. The van der Waals surface area contributed by atoms with E-state index in [9.17, 15) is 14.7 Å². The molecule has 5 nitrogen and oxygen atoms in total. The molecular weight excluding hydrogens is 266 g/mol. The van der Waals surface area contributed by atoms with Crippen molar-refractivity contribution < 1.29 is 19.4 Å². The summed E-state index contributed by atoms with van der Waals surface area (Å²) < 4.78 is 5.19. The molecule has 1 aliphatic heterocycles. The Morgan fingerprint density at radius 3 is 2.32 bits per heavy atom. The monoisotopic (exact) mass is 289 g/mol. The number of carboxylic acid groups (broad SMARTS) is 1. The summed E-state index contributed by atoms with van der Waals surface area (Å²) in [6.07, 6.45) is 0.0604. The summed E-state index contributed by atoms with van der Waals surface area (Å²) in [5.74, 6) is 0.252. The second kappa shape index (κ2) is 5.23. The van der Waals surface area contributed by atoms with Gasteiger partial charge in [-0.1, -0.05) is 13.8 Å². The number of carbonyl (C=O) groups is 2. The lowest BCUT2D eigenvalue weighted by Crippen LogP contribution is -2.67. The van der Waals surface area contributed by atoms with Crippen LogP contribution in [0.15, 0.2) is 0 Å².